The number of aromatic nitrogens is 5. The second kappa shape index (κ2) is 6.34. The second-order valence-corrected chi connectivity index (χ2v) is 5.74. The number of fused-ring (bicyclic) bond motifs is 4. The van der Waals surface area contributed by atoms with Crippen molar-refractivity contribution >= 4 is 17.4 Å². The number of nitrogens with zero attached hydrogens (tertiary/aromatic N) is 6. The lowest BCUT2D eigenvalue weighted by molar-refractivity contribution is -0.132. The van der Waals surface area contributed by atoms with Gasteiger partial charge in [0, 0.05) is 26.3 Å². The Morgan fingerprint density at radius 3 is 3.08 bits per heavy atom. The average Bonchev–Trinajstić information content (AvgIpc) is 3.06. The maximum atomic E-state index is 12.1. The van der Waals surface area contributed by atoms with Crippen molar-refractivity contribution in [2.24, 2.45) is 0 Å². The Morgan fingerprint density at radius 1 is 1.24 bits per heavy atom. The number of rotatable bonds is 0. The number of carbonyl (C=O) groups excluding carboxylic acids is 1. The van der Waals surface area contributed by atoms with E-state index in [0.29, 0.717) is 18.8 Å². The van der Waals surface area contributed by atoms with Crippen LogP contribution < -0.4 is 10.1 Å². The Kier molecular flexibility index (Phi) is 3.88. The van der Waals surface area contributed by atoms with E-state index in [1.807, 2.05) is 12.1 Å². The van der Waals surface area contributed by atoms with Gasteiger partial charge < -0.3 is 15.0 Å². The smallest absolute Gasteiger partial charge is 0.317 e. The Bertz CT molecular complexity index is 924. The highest BCUT2D eigenvalue weighted by Crippen LogP contribution is 2.20. The van der Waals surface area contributed by atoms with Gasteiger partial charge in [-0.05, 0) is 24.6 Å². The summed E-state index contributed by atoms with van der Waals surface area (Å²) in [5.74, 6) is 0.621. The molecule has 1 amide bonds. The van der Waals surface area contributed by atoms with Crippen molar-refractivity contribution < 1.29 is 9.53 Å². The molecule has 0 aromatic carbocycles. The van der Waals surface area contributed by atoms with Crippen LogP contribution >= 0.6 is 0 Å². The lowest BCUT2D eigenvalue weighted by Crippen LogP contribution is -2.33. The summed E-state index contributed by atoms with van der Waals surface area (Å²) in [4.78, 5) is 26.5. The van der Waals surface area contributed by atoms with Crippen LogP contribution in [-0.2, 0) is 4.79 Å². The molecule has 25 heavy (non-hydrogen) atoms. The zero-order valence-corrected chi connectivity index (χ0v) is 13.7. The van der Waals surface area contributed by atoms with Gasteiger partial charge in [-0.25, -0.2) is 14.5 Å². The Morgan fingerprint density at radius 2 is 2.16 bits per heavy atom. The van der Waals surface area contributed by atoms with Gasteiger partial charge in [-0.2, -0.15) is 4.98 Å². The van der Waals surface area contributed by atoms with Gasteiger partial charge in [0.25, 0.3) is 5.91 Å². The molecule has 0 atom stereocenters. The van der Waals surface area contributed by atoms with Gasteiger partial charge >= 0.3 is 6.01 Å². The average molecular weight is 339 g/mol. The number of hydrogen-bond acceptors (Lipinski definition) is 7. The van der Waals surface area contributed by atoms with E-state index in [1.54, 1.807) is 34.9 Å². The molecular formula is C16H17N7O2. The van der Waals surface area contributed by atoms with Crippen molar-refractivity contribution in [3.63, 3.8) is 0 Å². The molecule has 0 unspecified atom stereocenters. The van der Waals surface area contributed by atoms with Crippen molar-refractivity contribution in [1.29, 1.82) is 0 Å². The molecule has 1 N–H and O–H groups in total. The predicted octanol–water partition coefficient (Wildman–Crippen LogP) is 0.839. The second-order valence-electron chi connectivity index (χ2n) is 5.74. The minimum Gasteiger partial charge on any atom is -0.453 e. The van der Waals surface area contributed by atoms with Crippen LogP contribution in [0, 0.1) is 0 Å². The van der Waals surface area contributed by atoms with Crippen LogP contribution in [0.5, 0.6) is 6.01 Å². The molecule has 0 fully saturated rings. The summed E-state index contributed by atoms with van der Waals surface area (Å²) in [5.41, 5.74) is 2.07. The van der Waals surface area contributed by atoms with E-state index in [9.17, 15) is 4.79 Å². The highest BCUT2D eigenvalue weighted by atomic mass is 16.5. The zero-order valence-electron chi connectivity index (χ0n) is 13.7. The van der Waals surface area contributed by atoms with Gasteiger partial charge in [-0.1, -0.05) is 0 Å². The number of anilines is 1. The molecule has 128 valence electrons. The first kappa shape index (κ1) is 15.3. The van der Waals surface area contributed by atoms with E-state index in [2.05, 4.69) is 25.4 Å². The molecule has 4 rings (SSSR count). The quantitative estimate of drug-likeness (QED) is 0.648. The van der Waals surface area contributed by atoms with E-state index in [-0.39, 0.29) is 18.5 Å². The summed E-state index contributed by atoms with van der Waals surface area (Å²) < 4.78 is 7.18. The first-order valence-electron chi connectivity index (χ1n) is 7.99. The fourth-order valence-electron chi connectivity index (χ4n) is 2.59. The molecule has 9 nitrogen and oxygen atoms in total. The van der Waals surface area contributed by atoms with Crippen LogP contribution in [0.3, 0.4) is 0 Å². The van der Waals surface area contributed by atoms with Crippen LogP contribution in [0.2, 0.25) is 0 Å². The summed E-state index contributed by atoms with van der Waals surface area (Å²) in [5, 5.41) is 7.84. The number of ether oxygens (including phenoxy) is 1. The van der Waals surface area contributed by atoms with Crippen molar-refractivity contribution in [2.75, 3.05) is 32.1 Å². The van der Waals surface area contributed by atoms with Crippen LogP contribution in [0.25, 0.3) is 17.0 Å². The molecule has 9 heteroatoms. The minimum absolute atomic E-state index is 0.0960. The molecular weight excluding hydrogens is 322 g/mol. The van der Waals surface area contributed by atoms with Gasteiger partial charge in [0.15, 0.2) is 12.3 Å². The van der Waals surface area contributed by atoms with Crippen molar-refractivity contribution in [3.05, 3.63) is 30.6 Å². The van der Waals surface area contributed by atoms with Crippen LogP contribution in [0.15, 0.2) is 30.6 Å². The number of likely N-dealkylation sites (N-methyl/N-ethyl adjacent to an activating group) is 1. The van der Waals surface area contributed by atoms with E-state index in [0.717, 1.165) is 23.6 Å². The normalized spacial score (nSPS) is 15.4. The zero-order chi connectivity index (χ0) is 17.2. The molecule has 4 heterocycles. The molecule has 1 aliphatic heterocycles. The highest BCUT2D eigenvalue weighted by molar-refractivity contribution is 5.77. The number of amides is 1. The van der Waals surface area contributed by atoms with E-state index in [1.165, 1.54) is 0 Å². The number of hydrogen-bond donors (Lipinski definition) is 1. The van der Waals surface area contributed by atoms with Crippen LogP contribution in [0.1, 0.15) is 6.42 Å². The summed E-state index contributed by atoms with van der Waals surface area (Å²) in [6.45, 7) is 1.23. The molecule has 0 spiro atoms. The first-order valence-corrected chi connectivity index (χ1v) is 7.99. The van der Waals surface area contributed by atoms with Crippen molar-refractivity contribution in [3.8, 4) is 17.4 Å². The van der Waals surface area contributed by atoms with Crippen molar-refractivity contribution in [1.82, 2.24) is 29.5 Å². The third kappa shape index (κ3) is 3.08. The molecule has 0 saturated carbocycles. The third-order valence-corrected chi connectivity index (χ3v) is 3.99. The monoisotopic (exact) mass is 339 g/mol. The fourth-order valence-corrected chi connectivity index (χ4v) is 2.59. The molecule has 0 radical (unpaired) electrons. The number of carbonyl (C=O) groups is 1. The summed E-state index contributed by atoms with van der Waals surface area (Å²) >= 11 is 0. The summed E-state index contributed by atoms with van der Waals surface area (Å²) in [6.07, 6.45) is 4.09. The lowest BCUT2D eigenvalue weighted by atomic mass is 10.3. The van der Waals surface area contributed by atoms with Gasteiger partial charge in [-0.3, -0.25) is 4.79 Å². The number of nitrogens with one attached hydrogen (secondary N) is 1. The van der Waals surface area contributed by atoms with E-state index < -0.39 is 0 Å². The predicted molar refractivity (Wildman–Crippen MR) is 90.3 cm³/mol. The Labute approximate surface area is 143 Å². The molecule has 4 bridgehead atoms. The summed E-state index contributed by atoms with van der Waals surface area (Å²) in [7, 11) is 1.75. The molecule has 1 aliphatic rings. The standard InChI is InChI=1S/C16H17N7O2/c1-22-8-2-6-17-13-3-4-14-19-9-12(23(14)21-13)11-5-7-18-16(20-11)25-10-15(22)24/h3-5,7,9H,2,6,8,10H2,1H3,(H,17,21). The topological polar surface area (TPSA) is 97.5 Å². The van der Waals surface area contributed by atoms with Crippen LogP contribution in [0.4, 0.5) is 5.82 Å². The largest absolute Gasteiger partial charge is 0.453 e. The molecule has 3 aromatic heterocycles. The summed E-state index contributed by atoms with van der Waals surface area (Å²) in [6, 6.07) is 5.68. The number of imidazole rings is 1. The van der Waals surface area contributed by atoms with Crippen molar-refractivity contribution in [2.45, 2.75) is 6.42 Å². The Balaban J connectivity index is 1.77. The maximum absolute atomic E-state index is 12.1. The highest BCUT2D eigenvalue weighted by Gasteiger charge is 2.14. The SMILES string of the molecule is CN1CCCNc2ccc3ncc(n3n2)-c2ccnc(n2)OCC1=O. The van der Waals surface area contributed by atoms with Gasteiger partial charge in [-0.15, -0.1) is 5.10 Å². The van der Waals surface area contributed by atoms with Gasteiger partial charge in [0.1, 0.15) is 11.5 Å². The van der Waals surface area contributed by atoms with Crippen LogP contribution in [-0.4, -0.2) is 62.1 Å². The van der Waals surface area contributed by atoms with Gasteiger partial charge in [0.05, 0.1) is 11.9 Å². The minimum atomic E-state index is -0.116. The van der Waals surface area contributed by atoms with E-state index in [4.69, 9.17) is 4.74 Å². The maximum Gasteiger partial charge on any atom is 0.317 e. The third-order valence-electron chi connectivity index (χ3n) is 3.99. The van der Waals surface area contributed by atoms with Gasteiger partial charge in [0.2, 0.25) is 0 Å². The molecule has 0 aliphatic carbocycles. The lowest BCUT2D eigenvalue weighted by Gasteiger charge is -2.17. The van der Waals surface area contributed by atoms with E-state index >= 15 is 0 Å². The first-order chi connectivity index (χ1) is 12.2. The fraction of sp³-hybridized carbons (Fsp3) is 0.312. The molecule has 3 aromatic rings. The Hall–Kier alpha value is -3.23. The molecule has 0 saturated heterocycles.